The molecule has 1 amide bonds. The molecule has 6 heteroatoms. The number of amides is 1. The molecule has 0 saturated carbocycles. The highest BCUT2D eigenvalue weighted by molar-refractivity contribution is 5.91. The predicted octanol–water partition coefficient (Wildman–Crippen LogP) is 4.80. The van der Waals surface area contributed by atoms with E-state index >= 15 is 0 Å². The number of furan rings is 1. The molecule has 4 rings (SSSR count). The number of fused-ring (bicyclic) bond motifs is 1. The van der Waals surface area contributed by atoms with Gasteiger partial charge in [-0.3, -0.25) is 4.79 Å². The van der Waals surface area contributed by atoms with Crippen molar-refractivity contribution >= 4 is 5.91 Å². The number of benzene rings is 2. The molecule has 2 heterocycles. The first-order valence-electron chi connectivity index (χ1n) is 10.1. The van der Waals surface area contributed by atoms with Crippen LogP contribution < -0.4 is 9.47 Å². The van der Waals surface area contributed by atoms with E-state index < -0.39 is 6.10 Å². The summed E-state index contributed by atoms with van der Waals surface area (Å²) in [6.45, 7) is 5.13. The highest BCUT2D eigenvalue weighted by Gasteiger charge is 2.25. The van der Waals surface area contributed by atoms with Gasteiger partial charge in [-0.15, -0.1) is 0 Å². The number of aliphatic hydroxyl groups is 1. The molecule has 1 aliphatic rings. The summed E-state index contributed by atoms with van der Waals surface area (Å²) >= 11 is 0. The molecule has 0 saturated heterocycles. The Morgan fingerprint density at radius 2 is 1.90 bits per heavy atom. The van der Waals surface area contributed by atoms with Gasteiger partial charge in [0.2, 0.25) is 0 Å². The number of rotatable bonds is 5. The number of para-hydroxylation sites is 1. The number of carbonyl (C=O) groups excluding carboxylic acids is 1. The van der Waals surface area contributed by atoms with Crippen LogP contribution in [-0.4, -0.2) is 29.1 Å². The van der Waals surface area contributed by atoms with Crippen LogP contribution in [0.5, 0.6) is 17.4 Å². The van der Waals surface area contributed by atoms with Crippen LogP contribution in [0.4, 0.5) is 0 Å². The Balaban J connectivity index is 1.51. The molecule has 0 aliphatic carbocycles. The fraction of sp³-hybridized carbons (Fsp3) is 0.292. The first-order chi connectivity index (χ1) is 14.5. The fourth-order valence-electron chi connectivity index (χ4n) is 3.41. The molecule has 1 unspecified atom stereocenters. The molecule has 6 nitrogen and oxygen atoms in total. The van der Waals surface area contributed by atoms with Crippen LogP contribution in [0.3, 0.4) is 0 Å². The van der Waals surface area contributed by atoms with E-state index in [2.05, 4.69) is 0 Å². The lowest BCUT2D eigenvalue weighted by atomic mass is 9.97. The highest BCUT2D eigenvalue weighted by atomic mass is 16.6. The summed E-state index contributed by atoms with van der Waals surface area (Å²) in [5, 5.41) is 10.4. The number of nitrogens with zero attached hydrogens (tertiary/aromatic N) is 1. The van der Waals surface area contributed by atoms with Gasteiger partial charge in [0.25, 0.3) is 11.9 Å². The number of hydrogen-bond donors (Lipinski definition) is 1. The first kappa shape index (κ1) is 20.0. The third kappa shape index (κ3) is 4.33. The van der Waals surface area contributed by atoms with Crippen molar-refractivity contribution in [1.82, 2.24) is 4.90 Å². The lowest BCUT2D eigenvalue weighted by molar-refractivity contribution is 0.0696. The van der Waals surface area contributed by atoms with Crippen LogP contribution in [0.1, 0.15) is 41.6 Å². The average Bonchev–Trinajstić information content (AvgIpc) is 3.11. The van der Waals surface area contributed by atoms with Crippen molar-refractivity contribution in [3.63, 3.8) is 0 Å². The molecule has 1 aliphatic heterocycles. The molecule has 0 fully saturated rings. The van der Waals surface area contributed by atoms with Crippen molar-refractivity contribution in [2.75, 3.05) is 13.2 Å². The standard InChI is InChI=1S/C24H25NO5/c1-16(2)23(26)17-8-9-20-18(14-17)15-25(12-13-28-20)24(27)21-10-11-22(30-21)29-19-6-4-3-5-7-19/h3-11,14,16,23,26H,12-13,15H2,1-2H3. The van der Waals surface area contributed by atoms with Crippen LogP contribution in [0.2, 0.25) is 0 Å². The van der Waals surface area contributed by atoms with Crippen LogP contribution in [0, 0.1) is 5.92 Å². The van der Waals surface area contributed by atoms with E-state index in [-0.39, 0.29) is 23.5 Å². The van der Waals surface area contributed by atoms with Gasteiger partial charge in [-0.05, 0) is 41.8 Å². The Kier molecular flexibility index (Phi) is 5.77. The second-order valence-corrected chi connectivity index (χ2v) is 7.66. The second-order valence-electron chi connectivity index (χ2n) is 7.66. The minimum Gasteiger partial charge on any atom is -0.491 e. The van der Waals surface area contributed by atoms with Crippen molar-refractivity contribution in [3.05, 3.63) is 77.6 Å². The monoisotopic (exact) mass is 407 g/mol. The summed E-state index contributed by atoms with van der Waals surface area (Å²) < 4.78 is 17.1. The van der Waals surface area contributed by atoms with Gasteiger partial charge in [0.05, 0.1) is 12.6 Å². The lowest BCUT2D eigenvalue weighted by Gasteiger charge is -2.20. The quantitative estimate of drug-likeness (QED) is 0.658. The summed E-state index contributed by atoms with van der Waals surface area (Å²) in [4.78, 5) is 14.7. The number of carbonyl (C=O) groups is 1. The van der Waals surface area contributed by atoms with E-state index in [0.29, 0.717) is 25.4 Å². The first-order valence-corrected chi connectivity index (χ1v) is 10.1. The molecular weight excluding hydrogens is 382 g/mol. The maximum absolute atomic E-state index is 13.0. The van der Waals surface area contributed by atoms with E-state index in [0.717, 1.165) is 16.9 Å². The van der Waals surface area contributed by atoms with Gasteiger partial charge in [0.1, 0.15) is 18.1 Å². The summed E-state index contributed by atoms with van der Waals surface area (Å²) in [6.07, 6.45) is -0.564. The number of aliphatic hydroxyl groups excluding tert-OH is 1. The van der Waals surface area contributed by atoms with Gasteiger partial charge < -0.3 is 23.9 Å². The minimum atomic E-state index is -0.564. The van der Waals surface area contributed by atoms with Crippen molar-refractivity contribution in [2.24, 2.45) is 5.92 Å². The molecule has 1 aromatic heterocycles. The Morgan fingerprint density at radius 1 is 1.10 bits per heavy atom. The molecule has 1 N–H and O–H groups in total. The van der Waals surface area contributed by atoms with Crippen LogP contribution in [0.15, 0.2) is 65.1 Å². The summed E-state index contributed by atoms with van der Waals surface area (Å²) in [7, 11) is 0. The van der Waals surface area contributed by atoms with Crippen LogP contribution >= 0.6 is 0 Å². The molecule has 0 spiro atoms. The summed E-state index contributed by atoms with van der Waals surface area (Å²) in [6, 6.07) is 18.2. The Bertz CT molecular complexity index is 1010. The summed E-state index contributed by atoms with van der Waals surface area (Å²) in [5.74, 6) is 1.71. The summed E-state index contributed by atoms with van der Waals surface area (Å²) in [5.41, 5.74) is 1.68. The molecule has 30 heavy (non-hydrogen) atoms. The van der Waals surface area contributed by atoms with Gasteiger partial charge in [-0.1, -0.05) is 38.1 Å². The molecule has 156 valence electrons. The zero-order valence-electron chi connectivity index (χ0n) is 17.1. The maximum atomic E-state index is 13.0. The van der Waals surface area contributed by atoms with Gasteiger partial charge in [-0.2, -0.15) is 0 Å². The maximum Gasteiger partial charge on any atom is 0.290 e. The van der Waals surface area contributed by atoms with Crippen molar-refractivity contribution in [1.29, 1.82) is 0 Å². The largest absolute Gasteiger partial charge is 0.491 e. The van der Waals surface area contributed by atoms with Gasteiger partial charge in [0, 0.05) is 18.2 Å². The third-order valence-corrected chi connectivity index (χ3v) is 5.08. The van der Waals surface area contributed by atoms with Crippen molar-refractivity contribution in [2.45, 2.75) is 26.5 Å². The molecule has 0 radical (unpaired) electrons. The number of ether oxygens (including phenoxy) is 2. The Morgan fingerprint density at radius 3 is 2.67 bits per heavy atom. The van der Waals surface area contributed by atoms with Gasteiger partial charge in [0.15, 0.2) is 5.76 Å². The highest BCUT2D eigenvalue weighted by Crippen LogP contribution is 2.30. The van der Waals surface area contributed by atoms with Crippen LogP contribution in [-0.2, 0) is 6.54 Å². The fourth-order valence-corrected chi connectivity index (χ4v) is 3.41. The third-order valence-electron chi connectivity index (χ3n) is 5.08. The van der Waals surface area contributed by atoms with Crippen molar-refractivity contribution < 1.29 is 23.8 Å². The van der Waals surface area contributed by atoms with Crippen LogP contribution in [0.25, 0.3) is 0 Å². The van der Waals surface area contributed by atoms with E-state index in [1.54, 1.807) is 17.0 Å². The topological polar surface area (TPSA) is 72.1 Å². The zero-order chi connectivity index (χ0) is 21.1. The smallest absolute Gasteiger partial charge is 0.290 e. The number of hydrogen-bond acceptors (Lipinski definition) is 5. The van der Waals surface area contributed by atoms with Gasteiger partial charge >= 0.3 is 0 Å². The lowest BCUT2D eigenvalue weighted by Crippen LogP contribution is -2.32. The minimum absolute atomic E-state index is 0.0960. The van der Waals surface area contributed by atoms with Crippen molar-refractivity contribution in [3.8, 4) is 17.4 Å². The molecule has 1 atom stereocenters. The van der Waals surface area contributed by atoms with E-state index in [1.807, 2.05) is 62.4 Å². The van der Waals surface area contributed by atoms with E-state index in [9.17, 15) is 9.90 Å². The predicted molar refractivity (Wildman–Crippen MR) is 112 cm³/mol. The molecular formula is C24H25NO5. The Labute approximate surface area is 175 Å². The van der Waals surface area contributed by atoms with Gasteiger partial charge in [-0.25, -0.2) is 0 Å². The van der Waals surface area contributed by atoms with E-state index in [1.165, 1.54) is 0 Å². The SMILES string of the molecule is CC(C)C(O)c1ccc2c(c1)CN(C(=O)c1ccc(Oc3ccccc3)o1)CCO2. The molecule has 3 aromatic rings. The zero-order valence-corrected chi connectivity index (χ0v) is 17.1. The Hall–Kier alpha value is -3.25. The molecule has 0 bridgehead atoms. The average molecular weight is 407 g/mol. The normalized spacial score (nSPS) is 14.6. The molecule has 2 aromatic carbocycles. The second kappa shape index (κ2) is 8.63. The van der Waals surface area contributed by atoms with E-state index in [4.69, 9.17) is 13.9 Å².